The van der Waals surface area contributed by atoms with E-state index < -0.39 is 11.8 Å². The van der Waals surface area contributed by atoms with Gasteiger partial charge in [-0.25, -0.2) is 0 Å². The maximum Gasteiger partial charge on any atom is 0.313 e. The second kappa shape index (κ2) is 8.61. The van der Waals surface area contributed by atoms with Crippen molar-refractivity contribution >= 4 is 17.5 Å². The number of benzene rings is 2. The third-order valence-corrected chi connectivity index (χ3v) is 3.54. The molecule has 3 rings (SSSR count). The van der Waals surface area contributed by atoms with Crippen LogP contribution in [0, 0.1) is 0 Å². The van der Waals surface area contributed by atoms with Gasteiger partial charge in [0.05, 0.1) is 18.8 Å². The molecule has 0 bridgehead atoms. The molecule has 2 N–H and O–H groups in total. The molecule has 138 valence electrons. The van der Waals surface area contributed by atoms with Gasteiger partial charge >= 0.3 is 11.8 Å². The molecule has 8 nitrogen and oxygen atoms in total. The number of anilines is 1. The third kappa shape index (κ3) is 4.69. The lowest BCUT2D eigenvalue weighted by Gasteiger charge is -2.10. The van der Waals surface area contributed by atoms with Crippen LogP contribution in [0.15, 0.2) is 59.1 Å². The summed E-state index contributed by atoms with van der Waals surface area (Å²) >= 11 is 0. The predicted molar refractivity (Wildman–Crippen MR) is 97.8 cm³/mol. The van der Waals surface area contributed by atoms with E-state index in [4.69, 9.17) is 9.26 Å². The van der Waals surface area contributed by atoms with Crippen molar-refractivity contribution in [3.63, 3.8) is 0 Å². The number of hydrogen-bond acceptors (Lipinski definition) is 6. The van der Waals surface area contributed by atoms with Crippen LogP contribution in [-0.4, -0.2) is 28.6 Å². The Morgan fingerprint density at radius 1 is 1.04 bits per heavy atom. The largest absolute Gasteiger partial charge is 0.492 e. The van der Waals surface area contributed by atoms with Crippen LogP contribution >= 0.6 is 0 Å². The number of nitrogens with one attached hydrogen (secondary N) is 2. The summed E-state index contributed by atoms with van der Waals surface area (Å²) in [6.07, 6.45) is 0. The highest BCUT2D eigenvalue weighted by Gasteiger charge is 2.17. The predicted octanol–water partition coefficient (Wildman–Crippen LogP) is 2.39. The highest BCUT2D eigenvalue weighted by molar-refractivity contribution is 6.39. The Morgan fingerprint density at radius 3 is 2.56 bits per heavy atom. The van der Waals surface area contributed by atoms with Crippen LogP contribution in [0.3, 0.4) is 0 Å². The molecule has 1 heterocycles. The van der Waals surface area contributed by atoms with E-state index in [-0.39, 0.29) is 12.4 Å². The monoisotopic (exact) mass is 366 g/mol. The normalized spacial score (nSPS) is 10.3. The summed E-state index contributed by atoms with van der Waals surface area (Å²) < 4.78 is 10.5. The molecule has 0 radical (unpaired) electrons. The topological polar surface area (TPSA) is 106 Å². The molecule has 0 unspecified atom stereocenters. The number of aromatic nitrogens is 2. The van der Waals surface area contributed by atoms with Gasteiger partial charge in [-0.2, -0.15) is 4.98 Å². The number of hydrogen-bond donors (Lipinski definition) is 2. The Labute approximate surface area is 155 Å². The zero-order chi connectivity index (χ0) is 19.1. The van der Waals surface area contributed by atoms with E-state index in [1.165, 1.54) is 0 Å². The summed E-state index contributed by atoms with van der Waals surface area (Å²) in [6, 6.07) is 16.2. The van der Waals surface area contributed by atoms with E-state index in [2.05, 4.69) is 20.8 Å². The van der Waals surface area contributed by atoms with E-state index in [0.29, 0.717) is 23.9 Å². The molecular weight excluding hydrogens is 348 g/mol. The average molecular weight is 366 g/mol. The molecule has 0 atom stereocenters. The van der Waals surface area contributed by atoms with Crippen LogP contribution < -0.4 is 15.4 Å². The smallest absolute Gasteiger partial charge is 0.313 e. The first kappa shape index (κ1) is 18.1. The van der Waals surface area contributed by atoms with Crippen molar-refractivity contribution in [1.82, 2.24) is 15.5 Å². The SMILES string of the molecule is CCOc1ccccc1NC(=O)C(=O)NCc1nc(-c2ccccc2)no1. The van der Waals surface area contributed by atoms with E-state index >= 15 is 0 Å². The molecule has 0 fully saturated rings. The van der Waals surface area contributed by atoms with Gasteiger partial charge in [-0.15, -0.1) is 0 Å². The van der Waals surface area contributed by atoms with Gasteiger partial charge in [-0.05, 0) is 19.1 Å². The van der Waals surface area contributed by atoms with Gasteiger partial charge in [-0.1, -0.05) is 47.6 Å². The zero-order valence-electron chi connectivity index (χ0n) is 14.6. The minimum Gasteiger partial charge on any atom is -0.492 e. The first-order valence-corrected chi connectivity index (χ1v) is 8.36. The second-order valence-electron chi connectivity index (χ2n) is 5.44. The lowest BCUT2D eigenvalue weighted by atomic mass is 10.2. The van der Waals surface area contributed by atoms with Crippen LogP contribution in [0.25, 0.3) is 11.4 Å². The summed E-state index contributed by atoms with van der Waals surface area (Å²) in [6.45, 7) is 2.22. The number of para-hydroxylation sites is 2. The van der Waals surface area contributed by atoms with Crippen LogP contribution in [0.2, 0.25) is 0 Å². The van der Waals surface area contributed by atoms with Gasteiger partial charge in [0.1, 0.15) is 5.75 Å². The molecule has 0 aliphatic rings. The Bertz CT molecular complexity index is 924. The van der Waals surface area contributed by atoms with Gasteiger partial charge in [0, 0.05) is 5.56 Å². The van der Waals surface area contributed by atoms with Crippen LogP contribution in [0.1, 0.15) is 12.8 Å². The lowest BCUT2D eigenvalue weighted by Crippen LogP contribution is -2.35. The summed E-state index contributed by atoms with van der Waals surface area (Å²) in [5.74, 6) is -0.532. The van der Waals surface area contributed by atoms with Gasteiger partial charge in [0.15, 0.2) is 0 Å². The van der Waals surface area contributed by atoms with Crippen molar-refractivity contribution < 1.29 is 18.8 Å². The number of ether oxygens (including phenoxy) is 1. The fourth-order valence-corrected chi connectivity index (χ4v) is 2.30. The summed E-state index contributed by atoms with van der Waals surface area (Å²) in [4.78, 5) is 28.3. The van der Waals surface area contributed by atoms with Crippen LogP contribution in [-0.2, 0) is 16.1 Å². The minimum atomic E-state index is -0.819. The Hall–Kier alpha value is -3.68. The van der Waals surface area contributed by atoms with E-state index in [9.17, 15) is 9.59 Å². The number of amides is 2. The first-order valence-electron chi connectivity index (χ1n) is 8.36. The Morgan fingerprint density at radius 2 is 1.78 bits per heavy atom. The summed E-state index contributed by atoms with van der Waals surface area (Å²) in [5, 5.41) is 8.82. The van der Waals surface area contributed by atoms with Crippen molar-refractivity contribution in [2.45, 2.75) is 13.5 Å². The first-order chi connectivity index (χ1) is 13.2. The van der Waals surface area contributed by atoms with Crippen molar-refractivity contribution in [3.8, 4) is 17.1 Å². The van der Waals surface area contributed by atoms with Crippen molar-refractivity contribution in [2.24, 2.45) is 0 Å². The van der Waals surface area contributed by atoms with Crippen molar-refractivity contribution in [3.05, 3.63) is 60.5 Å². The number of carbonyl (C=O) groups excluding carboxylic acids is 2. The number of nitrogens with zero attached hydrogens (tertiary/aromatic N) is 2. The minimum absolute atomic E-state index is 0.0564. The summed E-state index contributed by atoms with van der Waals surface area (Å²) in [5.41, 5.74) is 1.22. The fraction of sp³-hybridized carbons (Fsp3) is 0.158. The lowest BCUT2D eigenvalue weighted by molar-refractivity contribution is -0.136. The average Bonchev–Trinajstić information content (AvgIpc) is 3.17. The highest BCUT2D eigenvalue weighted by Crippen LogP contribution is 2.23. The van der Waals surface area contributed by atoms with Gasteiger partial charge in [0.2, 0.25) is 11.7 Å². The van der Waals surface area contributed by atoms with Gasteiger partial charge < -0.3 is 19.9 Å². The van der Waals surface area contributed by atoms with Crippen LogP contribution in [0.5, 0.6) is 5.75 Å². The molecule has 8 heteroatoms. The number of carbonyl (C=O) groups is 2. The maximum absolute atomic E-state index is 12.1. The van der Waals surface area contributed by atoms with E-state index in [0.717, 1.165) is 5.56 Å². The number of rotatable bonds is 6. The standard InChI is InChI=1S/C19H18N4O4/c1-2-26-15-11-7-6-10-14(15)21-19(25)18(24)20-12-16-22-17(23-27-16)13-8-4-3-5-9-13/h3-11H,2,12H2,1H3,(H,20,24)(H,21,25). The third-order valence-electron chi connectivity index (χ3n) is 3.54. The van der Waals surface area contributed by atoms with Crippen LogP contribution in [0.4, 0.5) is 5.69 Å². The second-order valence-corrected chi connectivity index (χ2v) is 5.44. The Kier molecular flexibility index (Phi) is 5.78. The molecular formula is C19H18N4O4. The molecule has 0 aliphatic carbocycles. The van der Waals surface area contributed by atoms with Gasteiger partial charge in [-0.3, -0.25) is 9.59 Å². The molecule has 0 spiro atoms. The molecule has 2 amide bonds. The fourth-order valence-electron chi connectivity index (χ4n) is 2.30. The molecule has 2 aromatic carbocycles. The van der Waals surface area contributed by atoms with E-state index in [1.807, 2.05) is 37.3 Å². The molecule has 0 saturated carbocycles. The molecule has 1 aromatic heterocycles. The quantitative estimate of drug-likeness (QED) is 0.649. The van der Waals surface area contributed by atoms with E-state index in [1.54, 1.807) is 24.3 Å². The van der Waals surface area contributed by atoms with Crippen molar-refractivity contribution in [2.75, 3.05) is 11.9 Å². The highest BCUT2D eigenvalue weighted by atomic mass is 16.5. The zero-order valence-corrected chi connectivity index (χ0v) is 14.6. The molecule has 27 heavy (non-hydrogen) atoms. The van der Waals surface area contributed by atoms with Crippen molar-refractivity contribution in [1.29, 1.82) is 0 Å². The molecule has 0 aliphatic heterocycles. The molecule has 3 aromatic rings. The maximum atomic E-state index is 12.1. The Balaban J connectivity index is 1.57. The van der Waals surface area contributed by atoms with Gasteiger partial charge in [0.25, 0.3) is 0 Å². The summed E-state index contributed by atoms with van der Waals surface area (Å²) in [7, 11) is 0. The molecule has 0 saturated heterocycles.